The topological polar surface area (TPSA) is 147 Å². The van der Waals surface area contributed by atoms with Crippen molar-refractivity contribution in [3.63, 3.8) is 0 Å². The Labute approximate surface area is 201 Å². The van der Waals surface area contributed by atoms with E-state index < -0.39 is 45.7 Å². The lowest BCUT2D eigenvalue weighted by Gasteiger charge is -2.33. The van der Waals surface area contributed by atoms with Gasteiger partial charge in [0, 0.05) is 6.54 Å². The van der Waals surface area contributed by atoms with Gasteiger partial charge in [0.25, 0.3) is 5.91 Å². The second-order valence-electron chi connectivity index (χ2n) is 9.41. The number of hydrogen-bond donors (Lipinski definition) is 2. The molecule has 34 heavy (non-hydrogen) atoms. The minimum Gasteiger partial charge on any atom is -0.480 e. The highest BCUT2D eigenvalue weighted by atomic mass is 32.2. The number of carbonyl (C=O) groups excluding carboxylic acids is 2. The average molecular weight is 498 g/mol. The van der Waals surface area contributed by atoms with Crippen molar-refractivity contribution in [3.8, 4) is 0 Å². The Morgan fingerprint density at radius 3 is 2.35 bits per heavy atom. The van der Waals surface area contributed by atoms with Gasteiger partial charge in [-0.05, 0) is 78.5 Å². The number of carboxylic acid groups (broad SMARTS) is 1. The molecule has 1 heterocycles. The number of aliphatic carboxylic acids is 1. The fourth-order valence-corrected chi connectivity index (χ4v) is 5.46. The van der Waals surface area contributed by atoms with Gasteiger partial charge in [-0.25, -0.2) is 22.9 Å². The monoisotopic (exact) mass is 497 g/mol. The number of carbonyl (C=O) groups is 3. The molecule has 0 aliphatic carbocycles. The summed E-state index contributed by atoms with van der Waals surface area (Å²) >= 11 is 0. The molecular weight excluding hydrogens is 462 g/mol. The van der Waals surface area contributed by atoms with Gasteiger partial charge in [0.2, 0.25) is 10.0 Å². The van der Waals surface area contributed by atoms with Crippen molar-refractivity contribution in [2.24, 2.45) is 5.73 Å². The molecule has 1 fully saturated rings. The SMILES string of the molecule is Cc1ccc(S(=O)(=O)N2CCC[C@H]2C(=O)N(C(=O)OC(C)(C)C)[C@@H](CCCCN)C(=O)O)cc1. The van der Waals surface area contributed by atoms with Crippen LogP contribution in [-0.4, -0.2) is 71.5 Å². The first-order chi connectivity index (χ1) is 15.8. The van der Waals surface area contributed by atoms with Gasteiger partial charge in [0.15, 0.2) is 0 Å². The van der Waals surface area contributed by atoms with Crippen LogP contribution in [0.15, 0.2) is 29.2 Å². The summed E-state index contributed by atoms with van der Waals surface area (Å²) in [6, 6.07) is 3.52. The van der Waals surface area contributed by atoms with E-state index in [0.717, 1.165) is 9.87 Å². The van der Waals surface area contributed by atoms with Crippen LogP contribution in [0.25, 0.3) is 0 Å². The Hall–Kier alpha value is -2.50. The van der Waals surface area contributed by atoms with E-state index in [1.165, 1.54) is 12.1 Å². The number of hydrogen-bond acceptors (Lipinski definition) is 7. The van der Waals surface area contributed by atoms with Gasteiger partial charge >= 0.3 is 12.1 Å². The van der Waals surface area contributed by atoms with Crippen LogP contribution in [0.3, 0.4) is 0 Å². The lowest BCUT2D eigenvalue weighted by molar-refractivity contribution is -0.151. The number of benzene rings is 1. The smallest absolute Gasteiger partial charge is 0.417 e. The molecule has 2 rings (SSSR count). The number of nitrogens with zero attached hydrogens (tertiary/aromatic N) is 2. The van der Waals surface area contributed by atoms with Crippen LogP contribution in [0.2, 0.25) is 0 Å². The third kappa shape index (κ3) is 6.77. The van der Waals surface area contributed by atoms with E-state index in [-0.39, 0.29) is 24.3 Å². The maximum absolute atomic E-state index is 13.6. The minimum absolute atomic E-state index is 0.0189. The molecule has 3 N–H and O–H groups in total. The van der Waals surface area contributed by atoms with Gasteiger partial charge in [0.05, 0.1) is 4.90 Å². The molecule has 1 aromatic carbocycles. The number of sulfonamides is 1. The maximum Gasteiger partial charge on any atom is 0.417 e. The quantitative estimate of drug-likeness (QED) is 0.495. The number of aryl methyl sites for hydroxylation is 1. The summed E-state index contributed by atoms with van der Waals surface area (Å²) in [6.07, 6.45) is 0.312. The van der Waals surface area contributed by atoms with Crippen molar-refractivity contribution >= 4 is 28.0 Å². The normalized spacial score (nSPS) is 17.9. The summed E-state index contributed by atoms with van der Waals surface area (Å²) in [5.74, 6) is -2.27. The zero-order valence-corrected chi connectivity index (χ0v) is 21.0. The molecule has 1 aromatic rings. The van der Waals surface area contributed by atoms with Crippen molar-refractivity contribution in [3.05, 3.63) is 29.8 Å². The van der Waals surface area contributed by atoms with Crippen molar-refractivity contribution in [2.75, 3.05) is 13.1 Å². The summed E-state index contributed by atoms with van der Waals surface area (Å²) in [7, 11) is -4.04. The molecule has 11 heteroatoms. The predicted molar refractivity (Wildman–Crippen MR) is 126 cm³/mol. The molecule has 0 bridgehead atoms. The van der Waals surface area contributed by atoms with Crippen molar-refractivity contribution in [1.82, 2.24) is 9.21 Å². The van der Waals surface area contributed by atoms with Crippen LogP contribution in [-0.2, 0) is 24.3 Å². The molecule has 0 spiro atoms. The number of unbranched alkanes of at least 4 members (excludes halogenated alkanes) is 1. The Morgan fingerprint density at radius 2 is 1.82 bits per heavy atom. The molecule has 2 amide bonds. The second-order valence-corrected chi connectivity index (χ2v) is 11.3. The predicted octanol–water partition coefficient (Wildman–Crippen LogP) is 2.49. The summed E-state index contributed by atoms with van der Waals surface area (Å²) in [4.78, 5) is 39.4. The van der Waals surface area contributed by atoms with Gasteiger partial charge in [-0.15, -0.1) is 0 Å². The Morgan fingerprint density at radius 1 is 1.21 bits per heavy atom. The molecule has 0 unspecified atom stereocenters. The van der Waals surface area contributed by atoms with Crippen LogP contribution in [0.1, 0.15) is 58.4 Å². The van der Waals surface area contributed by atoms with E-state index in [9.17, 15) is 27.9 Å². The van der Waals surface area contributed by atoms with Crippen LogP contribution in [0.4, 0.5) is 4.79 Å². The van der Waals surface area contributed by atoms with E-state index in [1.54, 1.807) is 32.9 Å². The summed E-state index contributed by atoms with van der Waals surface area (Å²) in [5, 5.41) is 9.85. The summed E-state index contributed by atoms with van der Waals surface area (Å²) in [6.45, 7) is 7.04. The maximum atomic E-state index is 13.6. The van der Waals surface area contributed by atoms with E-state index in [0.29, 0.717) is 30.7 Å². The lowest BCUT2D eigenvalue weighted by atomic mass is 10.1. The van der Waals surface area contributed by atoms with Gasteiger partial charge in [-0.2, -0.15) is 4.31 Å². The highest BCUT2D eigenvalue weighted by Gasteiger charge is 2.46. The van der Waals surface area contributed by atoms with Crippen LogP contribution in [0.5, 0.6) is 0 Å². The number of carboxylic acids is 1. The van der Waals surface area contributed by atoms with E-state index in [1.807, 2.05) is 6.92 Å². The molecular formula is C23H35N3O7S. The number of amides is 2. The lowest BCUT2D eigenvalue weighted by Crippen LogP contribution is -2.56. The molecule has 190 valence electrons. The first-order valence-corrected chi connectivity index (χ1v) is 12.8. The van der Waals surface area contributed by atoms with Crippen LogP contribution < -0.4 is 5.73 Å². The fourth-order valence-electron chi connectivity index (χ4n) is 3.81. The summed E-state index contributed by atoms with van der Waals surface area (Å²) in [5.41, 5.74) is 5.40. The van der Waals surface area contributed by atoms with E-state index in [4.69, 9.17) is 10.5 Å². The molecule has 10 nitrogen and oxygen atoms in total. The second kappa shape index (κ2) is 11.3. The van der Waals surface area contributed by atoms with Gasteiger partial charge in [-0.3, -0.25) is 4.79 Å². The molecule has 0 aromatic heterocycles. The number of ether oxygens (including phenoxy) is 1. The van der Waals surface area contributed by atoms with Gasteiger partial charge in [-0.1, -0.05) is 17.7 Å². The molecule has 0 saturated carbocycles. The highest BCUT2D eigenvalue weighted by Crippen LogP contribution is 2.29. The third-order valence-corrected chi connectivity index (χ3v) is 7.39. The van der Waals surface area contributed by atoms with Crippen LogP contribution in [0, 0.1) is 6.92 Å². The minimum atomic E-state index is -4.04. The van der Waals surface area contributed by atoms with Gasteiger partial charge < -0.3 is 15.6 Å². The van der Waals surface area contributed by atoms with E-state index in [2.05, 4.69) is 0 Å². The van der Waals surface area contributed by atoms with Crippen molar-refractivity contribution in [2.45, 2.75) is 82.4 Å². The largest absolute Gasteiger partial charge is 0.480 e. The third-order valence-electron chi connectivity index (χ3n) is 5.47. The fraction of sp³-hybridized carbons (Fsp3) is 0.609. The molecule has 2 atom stereocenters. The highest BCUT2D eigenvalue weighted by molar-refractivity contribution is 7.89. The molecule has 0 radical (unpaired) electrons. The summed E-state index contributed by atoms with van der Waals surface area (Å²) < 4.78 is 33.0. The first kappa shape index (κ1) is 27.7. The Balaban J connectivity index is 2.44. The molecule has 1 aliphatic heterocycles. The zero-order valence-electron chi connectivity index (χ0n) is 20.2. The van der Waals surface area contributed by atoms with Gasteiger partial charge in [0.1, 0.15) is 17.7 Å². The van der Waals surface area contributed by atoms with Crippen molar-refractivity contribution < 1.29 is 32.6 Å². The van der Waals surface area contributed by atoms with Crippen LogP contribution >= 0.6 is 0 Å². The van der Waals surface area contributed by atoms with Crippen molar-refractivity contribution in [1.29, 1.82) is 0 Å². The first-order valence-electron chi connectivity index (χ1n) is 11.4. The Bertz CT molecular complexity index is 987. The standard InChI is InChI=1S/C23H35N3O7S/c1-16-10-12-17(13-11-16)34(31,32)25-15-7-9-18(25)20(27)26(22(30)33-23(2,3)4)19(21(28)29)8-5-6-14-24/h10-13,18-19H,5-9,14-15,24H2,1-4H3,(H,28,29)/t18-,19-/m0/s1. The number of rotatable bonds is 9. The Kier molecular flexibility index (Phi) is 9.21. The number of nitrogens with two attached hydrogens (primary N) is 1. The molecule has 1 aliphatic rings. The zero-order chi connectivity index (χ0) is 25.7. The number of imide groups is 1. The average Bonchev–Trinajstić information content (AvgIpc) is 3.22. The van der Waals surface area contributed by atoms with E-state index >= 15 is 0 Å². The molecule has 1 saturated heterocycles.